The van der Waals surface area contributed by atoms with E-state index in [-0.39, 0.29) is 5.56 Å². The predicted molar refractivity (Wildman–Crippen MR) is 140 cm³/mol. The Morgan fingerprint density at radius 2 is 1.85 bits per heavy atom. The second-order valence-corrected chi connectivity index (χ2v) is 9.59. The van der Waals surface area contributed by atoms with Crippen LogP contribution in [0.15, 0.2) is 79.5 Å². The first-order chi connectivity index (χ1) is 15.9. The van der Waals surface area contributed by atoms with Crippen molar-refractivity contribution < 1.29 is 4.74 Å². The molecule has 0 saturated carbocycles. The summed E-state index contributed by atoms with van der Waals surface area (Å²) in [6, 6.07) is 19.5. The third-order valence-electron chi connectivity index (χ3n) is 5.11. The number of hydrogen-bond donors (Lipinski definition) is 0. The van der Waals surface area contributed by atoms with E-state index in [0.29, 0.717) is 35.5 Å². The summed E-state index contributed by atoms with van der Waals surface area (Å²) in [6.45, 7) is 4.55. The van der Waals surface area contributed by atoms with Crippen LogP contribution in [0.2, 0.25) is 0 Å². The summed E-state index contributed by atoms with van der Waals surface area (Å²) in [5, 5.41) is 5.07. The lowest BCUT2D eigenvalue weighted by atomic mass is 10.1. The molecule has 0 bridgehead atoms. The van der Waals surface area contributed by atoms with Crippen LogP contribution < -0.4 is 10.3 Å². The highest BCUT2D eigenvalue weighted by molar-refractivity contribution is 9.10. The molecule has 0 N–H and O–H groups in total. The minimum Gasteiger partial charge on any atom is -0.488 e. The average molecular weight is 569 g/mol. The molecule has 33 heavy (non-hydrogen) atoms. The summed E-state index contributed by atoms with van der Waals surface area (Å²) in [5.74, 6) is 1.32. The van der Waals surface area contributed by atoms with Crippen LogP contribution in [0.1, 0.15) is 35.9 Å². The van der Waals surface area contributed by atoms with Crippen LogP contribution in [-0.4, -0.2) is 15.9 Å². The van der Waals surface area contributed by atoms with Gasteiger partial charge in [-0.25, -0.2) is 4.98 Å². The van der Waals surface area contributed by atoms with E-state index >= 15 is 0 Å². The zero-order chi connectivity index (χ0) is 23.4. The number of halogens is 2. The van der Waals surface area contributed by atoms with Crippen molar-refractivity contribution in [2.75, 3.05) is 0 Å². The molecule has 7 heteroatoms. The first kappa shape index (κ1) is 23.4. The van der Waals surface area contributed by atoms with Crippen LogP contribution in [0.25, 0.3) is 10.9 Å². The molecule has 0 radical (unpaired) electrons. The molecule has 1 aromatic heterocycles. The molecule has 5 nitrogen and oxygen atoms in total. The van der Waals surface area contributed by atoms with Gasteiger partial charge in [-0.2, -0.15) is 9.78 Å². The molecule has 4 aromatic rings. The van der Waals surface area contributed by atoms with Crippen molar-refractivity contribution >= 4 is 49.0 Å². The van der Waals surface area contributed by atoms with E-state index in [1.165, 1.54) is 10.2 Å². The zero-order valence-electron chi connectivity index (χ0n) is 18.4. The zero-order valence-corrected chi connectivity index (χ0v) is 21.6. The number of fused-ring (bicyclic) bond motifs is 1. The van der Waals surface area contributed by atoms with Crippen molar-refractivity contribution in [2.45, 2.75) is 33.3 Å². The van der Waals surface area contributed by atoms with Gasteiger partial charge in [-0.05, 0) is 55.3 Å². The molecule has 0 fully saturated rings. The van der Waals surface area contributed by atoms with E-state index in [1.807, 2.05) is 42.5 Å². The van der Waals surface area contributed by atoms with Crippen molar-refractivity contribution in [1.82, 2.24) is 9.66 Å². The van der Waals surface area contributed by atoms with Gasteiger partial charge in [0, 0.05) is 20.9 Å². The molecular weight excluding hydrogens is 546 g/mol. The third kappa shape index (κ3) is 5.60. The van der Waals surface area contributed by atoms with E-state index in [2.05, 4.69) is 62.9 Å². The monoisotopic (exact) mass is 567 g/mol. The fourth-order valence-electron chi connectivity index (χ4n) is 3.53. The maximum atomic E-state index is 13.2. The fourth-order valence-corrected chi connectivity index (χ4v) is 4.27. The quantitative estimate of drug-likeness (QED) is 0.235. The Morgan fingerprint density at radius 3 is 2.64 bits per heavy atom. The molecule has 0 spiro atoms. The SMILES string of the molecule is CCCc1nc2ccc(Br)cc2c(=O)n1N=Cc1cc(Br)ccc1OCc1cccc(C)c1. The van der Waals surface area contributed by atoms with Gasteiger partial charge in [0.25, 0.3) is 5.56 Å². The second kappa shape index (κ2) is 10.4. The lowest BCUT2D eigenvalue weighted by Gasteiger charge is -2.11. The molecular formula is C26H23Br2N3O2. The first-order valence-electron chi connectivity index (χ1n) is 10.7. The number of rotatable bonds is 7. The number of aromatic nitrogens is 2. The average Bonchev–Trinajstić information content (AvgIpc) is 2.79. The maximum absolute atomic E-state index is 13.2. The number of nitrogens with zero attached hydrogens (tertiary/aromatic N) is 3. The van der Waals surface area contributed by atoms with Gasteiger partial charge in [0.15, 0.2) is 0 Å². The summed E-state index contributed by atoms with van der Waals surface area (Å²) in [5.41, 5.74) is 3.51. The highest BCUT2D eigenvalue weighted by Gasteiger charge is 2.11. The summed E-state index contributed by atoms with van der Waals surface area (Å²) in [7, 11) is 0. The number of benzene rings is 3. The van der Waals surface area contributed by atoms with Crippen molar-refractivity contribution in [1.29, 1.82) is 0 Å². The topological polar surface area (TPSA) is 56.5 Å². The van der Waals surface area contributed by atoms with Gasteiger partial charge >= 0.3 is 0 Å². The Kier molecular flexibility index (Phi) is 7.40. The smallest absolute Gasteiger partial charge is 0.282 e. The van der Waals surface area contributed by atoms with Crippen LogP contribution in [0.3, 0.4) is 0 Å². The summed E-state index contributed by atoms with van der Waals surface area (Å²) in [6.07, 6.45) is 3.15. The Morgan fingerprint density at radius 1 is 1.06 bits per heavy atom. The molecule has 4 rings (SSSR count). The second-order valence-electron chi connectivity index (χ2n) is 7.76. The lowest BCUT2D eigenvalue weighted by Crippen LogP contribution is -2.22. The van der Waals surface area contributed by atoms with E-state index in [1.54, 1.807) is 12.3 Å². The predicted octanol–water partition coefficient (Wildman–Crippen LogP) is 6.64. The van der Waals surface area contributed by atoms with Crippen LogP contribution in [0.4, 0.5) is 0 Å². The van der Waals surface area contributed by atoms with Crippen LogP contribution >= 0.6 is 31.9 Å². The standard InChI is InChI=1S/C26H23Br2N3O2/c1-3-5-25-30-23-10-8-21(28)14-22(23)26(32)31(25)29-15-19-13-20(27)9-11-24(19)33-16-18-7-4-6-17(2)12-18/h4,6-15H,3,5,16H2,1-2H3. The fraction of sp³-hybridized carbons (Fsp3) is 0.192. The number of ether oxygens (including phenoxy) is 1. The van der Waals surface area contributed by atoms with E-state index < -0.39 is 0 Å². The molecule has 0 unspecified atom stereocenters. The Bertz CT molecular complexity index is 1400. The van der Waals surface area contributed by atoms with Gasteiger partial charge in [-0.3, -0.25) is 4.79 Å². The van der Waals surface area contributed by atoms with Crippen LogP contribution in [0.5, 0.6) is 5.75 Å². The molecule has 0 aliphatic rings. The van der Waals surface area contributed by atoms with Crippen LogP contribution in [0, 0.1) is 6.92 Å². The molecule has 0 aliphatic carbocycles. The third-order valence-corrected chi connectivity index (χ3v) is 6.10. The van der Waals surface area contributed by atoms with Gasteiger partial charge in [0.05, 0.1) is 17.1 Å². The van der Waals surface area contributed by atoms with Crippen molar-refractivity contribution in [3.63, 3.8) is 0 Å². The minimum absolute atomic E-state index is 0.196. The van der Waals surface area contributed by atoms with Crippen molar-refractivity contribution in [3.8, 4) is 5.75 Å². The van der Waals surface area contributed by atoms with Gasteiger partial charge < -0.3 is 4.74 Å². The van der Waals surface area contributed by atoms with Crippen LogP contribution in [-0.2, 0) is 13.0 Å². The highest BCUT2D eigenvalue weighted by atomic mass is 79.9. The molecule has 1 heterocycles. The molecule has 0 atom stereocenters. The molecule has 0 aliphatic heterocycles. The number of hydrogen-bond acceptors (Lipinski definition) is 4. The highest BCUT2D eigenvalue weighted by Crippen LogP contribution is 2.23. The van der Waals surface area contributed by atoms with Gasteiger partial charge in [-0.1, -0.05) is 68.6 Å². The minimum atomic E-state index is -0.196. The lowest BCUT2D eigenvalue weighted by molar-refractivity contribution is 0.305. The summed E-state index contributed by atoms with van der Waals surface area (Å²) < 4.78 is 9.21. The maximum Gasteiger partial charge on any atom is 0.282 e. The van der Waals surface area contributed by atoms with E-state index in [4.69, 9.17) is 9.72 Å². The molecule has 0 saturated heterocycles. The van der Waals surface area contributed by atoms with Crippen molar-refractivity contribution in [2.24, 2.45) is 5.10 Å². The van der Waals surface area contributed by atoms with E-state index in [9.17, 15) is 4.79 Å². The normalized spacial score (nSPS) is 11.4. The molecule has 0 amide bonds. The van der Waals surface area contributed by atoms with Gasteiger partial charge in [-0.15, -0.1) is 0 Å². The van der Waals surface area contributed by atoms with Crippen molar-refractivity contribution in [3.05, 3.63) is 102 Å². The molecule has 3 aromatic carbocycles. The molecule has 168 valence electrons. The largest absolute Gasteiger partial charge is 0.488 e. The van der Waals surface area contributed by atoms with E-state index in [0.717, 1.165) is 26.5 Å². The summed E-state index contributed by atoms with van der Waals surface area (Å²) in [4.78, 5) is 17.9. The first-order valence-corrected chi connectivity index (χ1v) is 12.3. The van der Waals surface area contributed by atoms with Gasteiger partial charge in [0.2, 0.25) is 0 Å². The number of aryl methyl sites for hydroxylation is 2. The summed E-state index contributed by atoms with van der Waals surface area (Å²) >= 11 is 6.96. The van der Waals surface area contributed by atoms with Gasteiger partial charge in [0.1, 0.15) is 18.2 Å². The Labute approximate surface area is 209 Å². The Hall–Kier alpha value is -2.77. The Balaban J connectivity index is 1.71.